The van der Waals surface area contributed by atoms with E-state index < -0.39 is 0 Å². The Morgan fingerprint density at radius 3 is 2.16 bits per heavy atom. The highest BCUT2D eigenvalue weighted by atomic mass is 16.5. The number of carbonyl (C=O) groups is 1. The van der Waals surface area contributed by atoms with Gasteiger partial charge in [-0.1, -0.05) is 45.4 Å². The molecule has 19 heavy (non-hydrogen) atoms. The Labute approximate surface area is 119 Å². The van der Waals surface area contributed by atoms with Gasteiger partial charge in [0.25, 0.3) is 0 Å². The summed E-state index contributed by atoms with van der Waals surface area (Å²) in [6, 6.07) is 0.390. The molecule has 3 nitrogen and oxygen atoms in total. The summed E-state index contributed by atoms with van der Waals surface area (Å²) in [5, 5.41) is 0. The molecule has 0 aliphatic heterocycles. The van der Waals surface area contributed by atoms with Crippen molar-refractivity contribution in [1.82, 2.24) is 0 Å². The summed E-state index contributed by atoms with van der Waals surface area (Å²) in [6.45, 7) is 6.07. The molecule has 1 atom stereocenters. The first-order valence-corrected chi connectivity index (χ1v) is 7.78. The fourth-order valence-corrected chi connectivity index (χ4v) is 2.26. The number of unbranched alkanes of at least 4 members (excludes halogenated alkanes) is 5. The van der Waals surface area contributed by atoms with E-state index in [0.717, 1.165) is 25.7 Å². The van der Waals surface area contributed by atoms with Crippen molar-refractivity contribution in [3.8, 4) is 0 Å². The monoisotopic (exact) mass is 271 g/mol. The number of hydrogen-bond acceptors (Lipinski definition) is 3. The predicted molar refractivity (Wildman–Crippen MR) is 81.0 cm³/mol. The fraction of sp³-hybridized carbons (Fsp3) is 0.938. The number of ether oxygens (including phenoxy) is 1. The second kappa shape index (κ2) is 10.2. The first-order valence-electron chi connectivity index (χ1n) is 7.78. The molecule has 3 heteroatoms. The fourth-order valence-electron chi connectivity index (χ4n) is 2.26. The zero-order valence-electron chi connectivity index (χ0n) is 13.3. The maximum Gasteiger partial charge on any atom is 0.311 e. The standard InChI is InChI=1S/C16H33NO2/c1-5-14(17)12-10-8-6-7-9-11-13-16(2,3)15(18)19-4/h14H,5-13,17H2,1-4H3. The van der Waals surface area contributed by atoms with Gasteiger partial charge in [0.15, 0.2) is 0 Å². The van der Waals surface area contributed by atoms with Crippen LogP contribution in [-0.4, -0.2) is 19.1 Å². The first-order chi connectivity index (χ1) is 8.94. The van der Waals surface area contributed by atoms with Gasteiger partial charge in [0.1, 0.15) is 0 Å². The largest absolute Gasteiger partial charge is 0.469 e. The Balaban J connectivity index is 3.43. The van der Waals surface area contributed by atoms with Crippen molar-refractivity contribution in [2.24, 2.45) is 11.1 Å². The molecule has 0 heterocycles. The van der Waals surface area contributed by atoms with E-state index in [1.165, 1.54) is 39.2 Å². The molecule has 0 aromatic heterocycles. The molecular weight excluding hydrogens is 238 g/mol. The van der Waals surface area contributed by atoms with Crippen molar-refractivity contribution >= 4 is 5.97 Å². The number of nitrogens with two attached hydrogens (primary N) is 1. The minimum absolute atomic E-state index is 0.0962. The van der Waals surface area contributed by atoms with E-state index >= 15 is 0 Å². The van der Waals surface area contributed by atoms with E-state index in [1.807, 2.05) is 13.8 Å². The SMILES string of the molecule is CCC(N)CCCCCCCCC(C)(C)C(=O)OC. The van der Waals surface area contributed by atoms with Gasteiger partial charge in [-0.05, 0) is 33.1 Å². The number of hydrogen-bond donors (Lipinski definition) is 1. The molecule has 0 saturated heterocycles. The van der Waals surface area contributed by atoms with Crippen LogP contribution in [0.3, 0.4) is 0 Å². The van der Waals surface area contributed by atoms with Gasteiger partial charge in [-0.15, -0.1) is 0 Å². The summed E-state index contributed by atoms with van der Waals surface area (Å²) in [5.74, 6) is -0.0962. The Morgan fingerprint density at radius 2 is 1.63 bits per heavy atom. The molecule has 0 rings (SSSR count). The normalized spacial score (nSPS) is 13.3. The molecule has 2 N–H and O–H groups in total. The van der Waals surface area contributed by atoms with Crippen LogP contribution in [0.15, 0.2) is 0 Å². The Morgan fingerprint density at radius 1 is 1.11 bits per heavy atom. The number of carbonyl (C=O) groups excluding carboxylic acids is 1. The number of esters is 1. The molecule has 0 aliphatic carbocycles. The molecule has 114 valence electrons. The van der Waals surface area contributed by atoms with Crippen molar-refractivity contribution in [2.75, 3.05) is 7.11 Å². The molecular formula is C16H33NO2. The molecule has 0 radical (unpaired) electrons. The van der Waals surface area contributed by atoms with E-state index in [-0.39, 0.29) is 11.4 Å². The molecule has 0 aromatic carbocycles. The number of rotatable bonds is 11. The van der Waals surface area contributed by atoms with Crippen molar-refractivity contribution in [3.05, 3.63) is 0 Å². The molecule has 0 amide bonds. The smallest absolute Gasteiger partial charge is 0.311 e. The Bertz CT molecular complexity index is 239. The van der Waals surface area contributed by atoms with Gasteiger partial charge in [0.05, 0.1) is 12.5 Å². The van der Waals surface area contributed by atoms with Gasteiger partial charge in [-0.3, -0.25) is 4.79 Å². The van der Waals surface area contributed by atoms with Crippen molar-refractivity contribution in [3.63, 3.8) is 0 Å². The van der Waals surface area contributed by atoms with Crippen LogP contribution >= 0.6 is 0 Å². The maximum atomic E-state index is 11.5. The Kier molecular flexibility index (Phi) is 9.94. The summed E-state index contributed by atoms with van der Waals surface area (Å²) in [5.41, 5.74) is 5.55. The van der Waals surface area contributed by atoms with E-state index in [2.05, 4.69) is 6.92 Å². The lowest BCUT2D eigenvalue weighted by Gasteiger charge is -2.20. The second-order valence-corrected chi connectivity index (χ2v) is 6.20. The zero-order chi connectivity index (χ0) is 14.7. The van der Waals surface area contributed by atoms with E-state index in [9.17, 15) is 4.79 Å². The van der Waals surface area contributed by atoms with Crippen LogP contribution in [0.25, 0.3) is 0 Å². The van der Waals surface area contributed by atoms with Gasteiger partial charge in [0.2, 0.25) is 0 Å². The Hall–Kier alpha value is -0.570. The quantitative estimate of drug-likeness (QED) is 0.456. The summed E-state index contributed by atoms with van der Waals surface area (Å²) in [7, 11) is 1.46. The third-order valence-corrected chi connectivity index (χ3v) is 3.89. The predicted octanol–water partition coefficient (Wildman–Crippen LogP) is 4.04. The highest BCUT2D eigenvalue weighted by molar-refractivity contribution is 5.75. The van der Waals surface area contributed by atoms with Crippen molar-refractivity contribution in [2.45, 2.75) is 84.6 Å². The molecule has 0 aliphatic rings. The molecule has 0 fully saturated rings. The zero-order valence-corrected chi connectivity index (χ0v) is 13.3. The lowest BCUT2D eigenvalue weighted by atomic mass is 9.87. The van der Waals surface area contributed by atoms with Gasteiger partial charge >= 0.3 is 5.97 Å². The summed E-state index contributed by atoms with van der Waals surface area (Å²) < 4.78 is 4.81. The summed E-state index contributed by atoms with van der Waals surface area (Å²) in [6.07, 6.45) is 10.6. The van der Waals surface area contributed by atoms with Gasteiger partial charge in [0, 0.05) is 6.04 Å². The van der Waals surface area contributed by atoms with Crippen LogP contribution in [0.4, 0.5) is 0 Å². The minimum atomic E-state index is -0.331. The minimum Gasteiger partial charge on any atom is -0.469 e. The van der Waals surface area contributed by atoms with E-state index in [4.69, 9.17) is 10.5 Å². The molecule has 0 saturated carbocycles. The third kappa shape index (κ3) is 9.04. The highest BCUT2D eigenvalue weighted by Gasteiger charge is 2.27. The first kappa shape index (κ1) is 18.4. The molecule has 0 aromatic rings. The topological polar surface area (TPSA) is 52.3 Å². The lowest BCUT2D eigenvalue weighted by molar-refractivity contribution is -0.151. The van der Waals surface area contributed by atoms with Crippen LogP contribution in [0.2, 0.25) is 0 Å². The van der Waals surface area contributed by atoms with Crippen LogP contribution in [0, 0.1) is 5.41 Å². The van der Waals surface area contributed by atoms with Gasteiger partial charge < -0.3 is 10.5 Å². The van der Waals surface area contributed by atoms with Crippen molar-refractivity contribution < 1.29 is 9.53 Å². The van der Waals surface area contributed by atoms with Gasteiger partial charge in [-0.25, -0.2) is 0 Å². The second-order valence-electron chi connectivity index (χ2n) is 6.20. The molecule has 0 spiro atoms. The average molecular weight is 271 g/mol. The van der Waals surface area contributed by atoms with E-state index in [0.29, 0.717) is 6.04 Å². The third-order valence-electron chi connectivity index (χ3n) is 3.89. The van der Waals surface area contributed by atoms with Crippen LogP contribution < -0.4 is 5.73 Å². The summed E-state index contributed by atoms with van der Waals surface area (Å²) in [4.78, 5) is 11.5. The van der Waals surface area contributed by atoms with Gasteiger partial charge in [-0.2, -0.15) is 0 Å². The van der Waals surface area contributed by atoms with Crippen LogP contribution in [0.5, 0.6) is 0 Å². The van der Waals surface area contributed by atoms with Crippen LogP contribution in [0.1, 0.15) is 78.6 Å². The summed E-state index contributed by atoms with van der Waals surface area (Å²) >= 11 is 0. The molecule has 0 bridgehead atoms. The lowest BCUT2D eigenvalue weighted by Crippen LogP contribution is -2.25. The highest BCUT2D eigenvalue weighted by Crippen LogP contribution is 2.25. The molecule has 1 unspecified atom stereocenters. The van der Waals surface area contributed by atoms with E-state index in [1.54, 1.807) is 0 Å². The maximum absolute atomic E-state index is 11.5. The number of methoxy groups -OCH3 is 1. The average Bonchev–Trinajstić information content (AvgIpc) is 2.40. The van der Waals surface area contributed by atoms with Crippen molar-refractivity contribution in [1.29, 1.82) is 0 Å². The van der Waals surface area contributed by atoms with Crippen LogP contribution in [-0.2, 0) is 9.53 Å².